The molecule has 6 aromatic rings. The number of methoxy groups -OCH3 is 1. The van der Waals surface area contributed by atoms with Crippen LogP contribution in [0.5, 0.6) is 17.2 Å². The number of hydrogen-bond acceptors (Lipinski definition) is 6. The Morgan fingerprint density at radius 3 is 2.54 bits per heavy atom. The molecular weight excluding hydrogens is 494 g/mol. The lowest BCUT2D eigenvalue weighted by Gasteiger charge is -2.10. The van der Waals surface area contributed by atoms with E-state index in [0.29, 0.717) is 35.1 Å². The van der Waals surface area contributed by atoms with Gasteiger partial charge in [-0.25, -0.2) is 9.67 Å². The second-order valence-electron chi connectivity index (χ2n) is 8.78. The molecule has 0 fully saturated rings. The molecule has 0 spiro atoms. The van der Waals surface area contributed by atoms with Gasteiger partial charge in [0.2, 0.25) is 0 Å². The molecular formula is C30H23N5O4. The summed E-state index contributed by atoms with van der Waals surface area (Å²) in [7, 11) is 1.60. The minimum absolute atomic E-state index is 0.0485. The molecule has 0 saturated carbocycles. The zero-order chi connectivity index (χ0) is 26.8. The molecule has 39 heavy (non-hydrogen) atoms. The quantitative estimate of drug-likeness (QED) is 0.315. The van der Waals surface area contributed by atoms with Crippen molar-refractivity contribution in [3.63, 3.8) is 0 Å². The van der Waals surface area contributed by atoms with Gasteiger partial charge in [-0.05, 0) is 48.0 Å². The minimum Gasteiger partial charge on any atom is -0.497 e. The van der Waals surface area contributed by atoms with Crippen molar-refractivity contribution < 1.29 is 14.3 Å². The summed E-state index contributed by atoms with van der Waals surface area (Å²) in [5.41, 5.74) is 1.86. The van der Waals surface area contributed by atoms with Gasteiger partial charge in [0.05, 0.1) is 30.9 Å². The molecule has 0 unspecified atom stereocenters. The molecule has 0 aliphatic carbocycles. The molecule has 4 aromatic heterocycles. The highest BCUT2D eigenvalue weighted by molar-refractivity contribution is 6.08. The highest BCUT2D eigenvalue weighted by Crippen LogP contribution is 2.30. The fourth-order valence-corrected chi connectivity index (χ4v) is 4.44. The van der Waals surface area contributed by atoms with Crippen LogP contribution in [0.25, 0.3) is 16.4 Å². The second kappa shape index (κ2) is 10.1. The van der Waals surface area contributed by atoms with Crippen molar-refractivity contribution in [2.75, 3.05) is 12.4 Å². The van der Waals surface area contributed by atoms with E-state index < -0.39 is 5.91 Å². The number of carbonyl (C=O) groups is 1. The Labute approximate surface area is 222 Å². The number of anilines is 1. The maximum atomic E-state index is 13.4. The van der Waals surface area contributed by atoms with Crippen LogP contribution in [0, 0.1) is 0 Å². The van der Waals surface area contributed by atoms with E-state index in [1.165, 1.54) is 6.20 Å². The molecule has 1 amide bonds. The Kier molecular flexibility index (Phi) is 6.22. The Hall–Kier alpha value is -5.44. The van der Waals surface area contributed by atoms with Crippen molar-refractivity contribution in [3.05, 3.63) is 125 Å². The summed E-state index contributed by atoms with van der Waals surface area (Å²) in [5.74, 6) is 1.56. The number of fused-ring (bicyclic) bond motifs is 2. The molecule has 9 heteroatoms. The van der Waals surface area contributed by atoms with Gasteiger partial charge in [0, 0.05) is 23.8 Å². The summed E-state index contributed by atoms with van der Waals surface area (Å²) in [6.45, 7) is 0.332. The first kappa shape index (κ1) is 23.9. The van der Waals surface area contributed by atoms with Crippen molar-refractivity contribution >= 4 is 28.1 Å². The third-order valence-corrected chi connectivity index (χ3v) is 6.32. The number of amides is 1. The summed E-state index contributed by atoms with van der Waals surface area (Å²) < 4.78 is 14.5. The van der Waals surface area contributed by atoms with Crippen molar-refractivity contribution in [1.29, 1.82) is 0 Å². The van der Waals surface area contributed by atoms with Crippen molar-refractivity contribution in [1.82, 2.24) is 19.2 Å². The molecule has 4 heterocycles. The molecule has 0 aliphatic rings. The Morgan fingerprint density at radius 2 is 1.74 bits per heavy atom. The molecule has 9 nitrogen and oxygen atoms in total. The lowest BCUT2D eigenvalue weighted by molar-refractivity contribution is 0.102. The van der Waals surface area contributed by atoms with Crippen LogP contribution < -0.4 is 20.3 Å². The first-order chi connectivity index (χ1) is 19.1. The predicted molar refractivity (Wildman–Crippen MR) is 148 cm³/mol. The monoisotopic (exact) mass is 517 g/mol. The van der Waals surface area contributed by atoms with Gasteiger partial charge >= 0.3 is 0 Å². The fraction of sp³-hybridized carbons (Fsp3) is 0.0667. The number of aromatic nitrogens is 4. The van der Waals surface area contributed by atoms with E-state index in [0.717, 1.165) is 16.5 Å². The summed E-state index contributed by atoms with van der Waals surface area (Å²) in [6.07, 6.45) is 4.93. The SMILES string of the molecule is COc1ccc2c(Oc3ccc(NC(=O)c4c(=O)n(Cc5ccccc5)n5ccccc45)nc3)ccnc2c1. The number of nitrogens with zero attached hydrogens (tertiary/aromatic N) is 4. The molecule has 192 valence electrons. The van der Waals surface area contributed by atoms with E-state index in [2.05, 4.69) is 15.3 Å². The minimum atomic E-state index is -0.536. The summed E-state index contributed by atoms with van der Waals surface area (Å²) in [5, 5.41) is 3.57. The standard InChI is InChI=1S/C30H23N5O4/c1-38-21-10-12-23-24(17-21)31-15-14-26(23)39-22-11-13-27(32-18-22)33-29(36)28-25-9-5-6-16-34(25)35(30(28)37)19-20-7-3-2-4-8-20/h2-18H,19H2,1H3,(H,32,33,36). The van der Waals surface area contributed by atoms with Crippen LogP contribution in [0.2, 0.25) is 0 Å². The highest BCUT2D eigenvalue weighted by Gasteiger charge is 2.21. The van der Waals surface area contributed by atoms with Gasteiger partial charge in [0.1, 0.15) is 28.6 Å². The van der Waals surface area contributed by atoms with Crippen LogP contribution in [0.4, 0.5) is 5.82 Å². The van der Waals surface area contributed by atoms with Crippen LogP contribution in [0.15, 0.2) is 108 Å². The largest absolute Gasteiger partial charge is 0.497 e. The summed E-state index contributed by atoms with van der Waals surface area (Å²) in [6, 6.07) is 25.6. The van der Waals surface area contributed by atoms with Gasteiger partial charge in [0.15, 0.2) is 0 Å². The number of benzene rings is 2. The topological polar surface area (TPSA) is 99.8 Å². The van der Waals surface area contributed by atoms with E-state index in [-0.39, 0.29) is 11.1 Å². The molecule has 0 aliphatic heterocycles. The average molecular weight is 518 g/mol. The third kappa shape index (κ3) is 4.69. The number of nitrogens with one attached hydrogen (secondary N) is 1. The van der Waals surface area contributed by atoms with Gasteiger partial charge in [-0.3, -0.25) is 19.1 Å². The van der Waals surface area contributed by atoms with Crippen molar-refractivity contribution in [2.45, 2.75) is 6.54 Å². The third-order valence-electron chi connectivity index (χ3n) is 6.32. The smallest absolute Gasteiger partial charge is 0.280 e. The molecule has 6 rings (SSSR count). The zero-order valence-corrected chi connectivity index (χ0v) is 20.9. The van der Waals surface area contributed by atoms with Crippen LogP contribution in [0.3, 0.4) is 0 Å². The number of hydrogen-bond donors (Lipinski definition) is 1. The van der Waals surface area contributed by atoms with Crippen LogP contribution >= 0.6 is 0 Å². The molecule has 0 saturated heterocycles. The van der Waals surface area contributed by atoms with Gasteiger partial charge < -0.3 is 14.8 Å². The van der Waals surface area contributed by atoms with E-state index >= 15 is 0 Å². The number of carbonyl (C=O) groups excluding carboxylic acids is 1. The van der Waals surface area contributed by atoms with Gasteiger partial charge in [-0.1, -0.05) is 36.4 Å². The normalized spacial score (nSPS) is 11.0. The first-order valence-electron chi connectivity index (χ1n) is 12.2. The van der Waals surface area contributed by atoms with E-state index in [9.17, 15) is 9.59 Å². The molecule has 0 radical (unpaired) electrons. The summed E-state index contributed by atoms with van der Waals surface area (Å²) in [4.78, 5) is 35.3. The second-order valence-corrected chi connectivity index (χ2v) is 8.78. The van der Waals surface area contributed by atoms with Gasteiger partial charge in [-0.2, -0.15) is 0 Å². The Morgan fingerprint density at radius 1 is 0.923 bits per heavy atom. The van der Waals surface area contributed by atoms with Crippen molar-refractivity contribution in [2.24, 2.45) is 0 Å². The van der Waals surface area contributed by atoms with Gasteiger partial charge in [-0.15, -0.1) is 0 Å². The van der Waals surface area contributed by atoms with Gasteiger partial charge in [0.25, 0.3) is 11.5 Å². The van der Waals surface area contributed by atoms with Crippen LogP contribution in [-0.2, 0) is 6.54 Å². The zero-order valence-electron chi connectivity index (χ0n) is 20.9. The number of ether oxygens (including phenoxy) is 2. The highest BCUT2D eigenvalue weighted by atomic mass is 16.5. The number of pyridine rings is 3. The van der Waals surface area contributed by atoms with Crippen molar-refractivity contribution in [3.8, 4) is 17.2 Å². The molecule has 0 bridgehead atoms. The number of rotatable bonds is 7. The first-order valence-corrected chi connectivity index (χ1v) is 12.2. The van der Waals surface area contributed by atoms with Crippen LogP contribution in [-0.4, -0.2) is 32.2 Å². The maximum absolute atomic E-state index is 13.4. The Balaban J connectivity index is 1.24. The van der Waals surface area contributed by atoms with E-state index in [1.54, 1.807) is 59.0 Å². The van der Waals surface area contributed by atoms with E-state index in [4.69, 9.17) is 9.47 Å². The average Bonchev–Trinajstić information content (AvgIpc) is 3.25. The Bertz CT molecular complexity index is 1860. The lowest BCUT2D eigenvalue weighted by atomic mass is 10.2. The molecule has 0 atom stereocenters. The molecule has 2 aromatic carbocycles. The fourth-order valence-electron chi connectivity index (χ4n) is 4.44. The lowest BCUT2D eigenvalue weighted by Crippen LogP contribution is -2.26. The molecule has 1 N–H and O–H groups in total. The summed E-state index contributed by atoms with van der Waals surface area (Å²) >= 11 is 0. The van der Waals surface area contributed by atoms with Crippen LogP contribution in [0.1, 0.15) is 15.9 Å². The van der Waals surface area contributed by atoms with E-state index in [1.807, 2.05) is 54.6 Å². The maximum Gasteiger partial charge on any atom is 0.280 e. The predicted octanol–water partition coefficient (Wildman–Crippen LogP) is 5.15.